The second kappa shape index (κ2) is 6.87. The maximum Gasteiger partial charge on any atom is 0.307 e. The number of piperidine rings is 1. The summed E-state index contributed by atoms with van der Waals surface area (Å²) >= 11 is 0. The van der Waals surface area contributed by atoms with Crippen molar-refractivity contribution in [1.82, 2.24) is 14.9 Å². The zero-order valence-electron chi connectivity index (χ0n) is 13.2. The lowest BCUT2D eigenvalue weighted by Crippen LogP contribution is -2.41. The number of hydrogen-bond donors (Lipinski definition) is 1. The van der Waals surface area contributed by atoms with Gasteiger partial charge in [-0.3, -0.25) is 19.7 Å². The topological polar surface area (TPSA) is 66.3 Å². The van der Waals surface area contributed by atoms with Crippen LogP contribution >= 0.6 is 0 Å². The zero-order chi connectivity index (χ0) is 16.2. The molecule has 0 spiro atoms. The minimum Gasteiger partial charge on any atom is -0.481 e. The molecule has 0 amide bonds. The van der Waals surface area contributed by atoms with Gasteiger partial charge in [0.2, 0.25) is 0 Å². The van der Waals surface area contributed by atoms with Crippen LogP contribution < -0.4 is 0 Å². The predicted molar refractivity (Wildman–Crippen MR) is 87.0 cm³/mol. The summed E-state index contributed by atoms with van der Waals surface area (Å²) in [5.74, 6) is -1.04. The molecule has 5 heteroatoms. The van der Waals surface area contributed by atoms with Crippen molar-refractivity contribution < 1.29 is 9.90 Å². The lowest BCUT2D eigenvalue weighted by molar-refractivity contribution is -0.143. The van der Waals surface area contributed by atoms with Gasteiger partial charge in [0.05, 0.1) is 23.3 Å². The summed E-state index contributed by atoms with van der Waals surface area (Å²) in [6, 6.07) is 11.7. The van der Waals surface area contributed by atoms with Crippen molar-refractivity contribution in [3.8, 4) is 0 Å². The number of pyridine rings is 2. The highest BCUT2D eigenvalue weighted by Crippen LogP contribution is 2.30. The SMILES string of the molecule is Cc1cccc(C(c2ccccn2)N2CCCC(C(=O)O)C2)n1. The summed E-state index contributed by atoms with van der Waals surface area (Å²) in [5, 5.41) is 9.37. The van der Waals surface area contributed by atoms with E-state index in [0.29, 0.717) is 6.54 Å². The van der Waals surface area contributed by atoms with Gasteiger partial charge in [0.25, 0.3) is 0 Å². The van der Waals surface area contributed by atoms with Gasteiger partial charge in [-0.05, 0) is 50.6 Å². The second-order valence-electron chi connectivity index (χ2n) is 6.03. The Balaban J connectivity index is 1.97. The van der Waals surface area contributed by atoms with Gasteiger partial charge in [0.1, 0.15) is 0 Å². The molecule has 1 N–H and O–H groups in total. The molecule has 0 bridgehead atoms. The van der Waals surface area contributed by atoms with E-state index in [2.05, 4.69) is 14.9 Å². The van der Waals surface area contributed by atoms with E-state index in [1.54, 1.807) is 6.20 Å². The fourth-order valence-corrected chi connectivity index (χ4v) is 3.22. The van der Waals surface area contributed by atoms with Crippen LogP contribution in [0, 0.1) is 12.8 Å². The molecule has 1 fully saturated rings. The molecule has 0 aromatic carbocycles. The van der Waals surface area contributed by atoms with Gasteiger partial charge < -0.3 is 5.11 Å². The number of likely N-dealkylation sites (tertiary alicyclic amines) is 1. The van der Waals surface area contributed by atoms with Crippen LogP contribution in [0.4, 0.5) is 0 Å². The molecule has 2 aromatic rings. The number of nitrogens with zero attached hydrogens (tertiary/aromatic N) is 3. The molecule has 0 radical (unpaired) electrons. The maximum absolute atomic E-state index is 11.4. The van der Waals surface area contributed by atoms with Crippen molar-refractivity contribution in [2.24, 2.45) is 5.92 Å². The van der Waals surface area contributed by atoms with E-state index < -0.39 is 5.97 Å². The predicted octanol–water partition coefficient (Wildman–Crippen LogP) is 2.67. The first-order valence-electron chi connectivity index (χ1n) is 7.96. The molecule has 2 atom stereocenters. The third-order valence-electron chi connectivity index (χ3n) is 4.33. The Kier molecular flexibility index (Phi) is 4.67. The molecule has 2 unspecified atom stereocenters. The van der Waals surface area contributed by atoms with Crippen LogP contribution in [0.25, 0.3) is 0 Å². The van der Waals surface area contributed by atoms with Crippen LogP contribution in [0.5, 0.6) is 0 Å². The molecule has 0 aliphatic carbocycles. The average molecular weight is 311 g/mol. The number of carboxylic acids is 1. The number of aliphatic carboxylic acids is 1. The Morgan fingerprint density at radius 2 is 2.09 bits per heavy atom. The number of carbonyl (C=O) groups is 1. The lowest BCUT2D eigenvalue weighted by atomic mass is 9.95. The molecule has 2 aromatic heterocycles. The van der Waals surface area contributed by atoms with Crippen molar-refractivity contribution >= 4 is 5.97 Å². The smallest absolute Gasteiger partial charge is 0.307 e. The Hall–Kier alpha value is -2.27. The highest BCUT2D eigenvalue weighted by atomic mass is 16.4. The number of aromatic nitrogens is 2. The van der Waals surface area contributed by atoms with E-state index in [1.807, 2.05) is 43.3 Å². The standard InChI is InChI=1S/C18H21N3O2/c1-13-6-4-9-16(20-13)17(15-8-2-3-10-19-15)21-11-5-7-14(12-21)18(22)23/h2-4,6,8-10,14,17H,5,7,11-12H2,1H3,(H,22,23). The fourth-order valence-electron chi connectivity index (χ4n) is 3.22. The Labute approximate surface area is 136 Å². The zero-order valence-corrected chi connectivity index (χ0v) is 13.2. The molecule has 3 heterocycles. The normalized spacial score (nSPS) is 20.1. The van der Waals surface area contributed by atoms with Crippen LogP contribution in [0.3, 0.4) is 0 Å². The Morgan fingerprint density at radius 1 is 1.26 bits per heavy atom. The molecular formula is C18H21N3O2. The van der Waals surface area contributed by atoms with E-state index in [9.17, 15) is 9.90 Å². The number of carboxylic acid groups (broad SMARTS) is 1. The first kappa shape index (κ1) is 15.6. The van der Waals surface area contributed by atoms with Gasteiger partial charge >= 0.3 is 5.97 Å². The molecular weight excluding hydrogens is 290 g/mol. The van der Waals surface area contributed by atoms with Crippen LogP contribution in [0.2, 0.25) is 0 Å². The monoisotopic (exact) mass is 311 g/mol. The van der Waals surface area contributed by atoms with Crippen molar-refractivity contribution in [3.63, 3.8) is 0 Å². The summed E-state index contributed by atoms with van der Waals surface area (Å²) in [6.45, 7) is 3.36. The highest BCUT2D eigenvalue weighted by Gasteiger charge is 2.32. The molecule has 3 rings (SSSR count). The number of hydrogen-bond acceptors (Lipinski definition) is 4. The molecule has 23 heavy (non-hydrogen) atoms. The molecule has 5 nitrogen and oxygen atoms in total. The highest BCUT2D eigenvalue weighted by molar-refractivity contribution is 5.70. The maximum atomic E-state index is 11.4. The van der Waals surface area contributed by atoms with Crippen molar-refractivity contribution in [2.75, 3.05) is 13.1 Å². The molecule has 1 aliphatic rings. The summed E-state index contributed by atoms with van der Waals surface area (Å²) in [5.41, 5.74) is 2.79. The second-order valence-corrected chi connectivity index (χ2v) is 6.03. The van der Waals surface area contributed by atoms with E-state index >= 15 is 0 Å². The minimum absolute atomic E-state index is 0.0988. The van der Waals surface area contributed by atoms with E-state index in [4.69, 9.17) is 0 Å². The summed E-state index contributed by atoms with van der Waals surface area (Å²) in [7, 11) is 0. The third kappa shape index (κ3) is 3.56. The molecule has 1 aliphatic heterocycles. The summed E-state index contributed by atoms with van der Waals surface area (Å²) in [4.78, 5) is 22.8. The van der Waals surface area contributed by atoms with Gasteiger partial charge in [-0.1, -0.05) is 12.1 Å². The lowest BCUT2D eigenvalue weighted by Gasteiger charge is -2.36. The largest absolute Gasteiger partial charge is 0.481 e. The van der Waals surface area contributed by atoms with Gasteiger partial charge in [0.15, 0.2) is 0 Å². The van der Waals surface area contributed by atoms with Gasteiger partial charge in [-0.15, -0.1) is 0 Å². The average Bonchev–Trinajstić information content (AvgIpc) is 2.56. The minimum atomic E-state index is -0.716. The fraction of sp³-hybridized carbons (Fsp3) is 0.389. The van der Waals surface area contributed by atoms with Crippen LogP contribution in [-0.2, 0) is 4.79 Å². The molecule has 1 saturated heterocycles. The van der Waals surface area contributed by atoms with Crippen LogP contribution in [0.15, 0.2) is 42.6 Å². The summed E-state index contributed by atoms with van der Waals surface area (Å²) in [6.07, 6.45) is 3.39. The quantitative estimate of drug-likeness (QED) is 0.940. The number of rotatable bonds is 4. The molecule has 120 valence electrons. The van der Waals surface area contributed by atoms with E-state index in [-0.39, 0.29) is 12.0 Å². The van der Waals surface area contributed by atoms with Crippen molar-refractivity contribution in [1.29, 1.82) is 0 Å². The first-order chi connectivity index (χ1) is 11.1. The third-order valence-corrected chi connectivity index (χ3v) is 4.33. The van der Waals surface area contributed by atoms with E-state index in [1.165, 1.54) is 0 Å². The van der Waals surface area contributed by atoms with E-state index in [0.717, 1.165) is 36.5 Å². The van der Waals surface area contributed by atoms with Gasteiger partial charge in [-0.2, -0.15) is 0 Å². The summed E-state index contributed by atoms with van der Waals surface area (Å²) < 4.78 is 0. The number of aryl methyl sites for hydroxylation is 1. The van der Waals surface area contributed by atoms with Crippen molar-refractivity contribution in [2.45, 2.75) is 25.8 Å². The van der Waals surface area contributed by atoms with Crippen molar-refractivity contribution in [3.05, 3.63) is 59.7 Å². The van der Waals surface area contributed by atoms with Gasteiger partial charge in [-0.25, -0.2) is 0 Å². The van der Waals surface area contributed by atoms with Gasteiger partial charge in [0, 0.05) is 18.4 Å². The molecule has 0 saturated carbocycles. The van der Waals surface area contributed by atoms with Crippen LogP contribution in [0.1, 0.15) is 36.0 Å². The first-order valence-corrected chi connectivity index (χ1v) is 7.96. The van der Waals surface area contributed by atoms with Crippen LogP contribution in [-0.4, -0.2) is 39.0 Å². The Morgan fingerprint density at radius 3 is 2.78 bits per heavy atom. The Bertz CT molecular complexity index is 675.